The fourth-order valence-electron chi connectivity index (χ4n) is 2.46. The van der Waals surface area contributed by atoms with Crippen LogP contribution in [0.1, 0.15) is 0 Å². The van der Waals surface area contributed by atoms with Gasteiger partial charge in [-0.15, -0.1) is 0 Å². The maximum atomic E-state index is 12.2. The first-order chi connectivity index (χ1) is 9.83. The maximum absolute atomic E-state index is 12.2. The quantitative estimate of drug-likeness (QED) is 0.530. The SMILES string of the molecule is O=c1oc2ccccc2cc1-c1[c][nH]c2ccccc12. The minimum atomic E-state index is -0.343. The Morgan fingerprint density at radius 2 is 1.80 bits per heavy atom. The molecule has 4 rings (SSSR count). The fraction of sp³-hybridized carbons (Fsp3) is 0. The summed E-state index contributed by atoms with van der Waals surface area (Å²) in [4.78, 5) is 15.2. The molecule has 0 unspecified atom stereocenters. The second-order valence-corrected chi connectivity index (χ2v) is 4.66. The van der Waals surface area contributed by atoms with Gasteiger partial charge < -0.3 is 9.40 Å². The summed E-state index contributed by atoms with van der Waals surface area (Å²) < 4.78 is 5.38. The van der Waals surface area contributed by atoms with E-state index in [1.54, 1.807) is 6.07 Å². The van der Waals surface area contributed by atoms with E-state index in [0.29, 0.717) is 11.1 Å². The topological polar surface area (TPSA) is 46.0 Å². The first-order valence-electron chi connectivity index (χ1n) is 6.34. The summed E-state index contributed by atoms with van der Waals surface area (Å²) in [6.07, 6.45) is 3.05. The summed E-state index contributed by atoms with van der Waals surface area (Å²) in [5.41, 5.74) is 2.49. The largest absolute Gasteiger partial charge is 0.422 e. The molecule has 0 bridgehead atoms. The van der Waals surface area contributed by atoms with Gasteiger partial charge in [0, 0.05) is 21.9 Å². The number of aromatic amines is 1. The molecule has 2 aromatic carbocycles. The molecule has 3 nitrogen and oxygen atoms in total. The normalized spacial score (nSPS) is 11.2. The molecule has 0 aliphatic rings. The van der Waals surface area contributed by atoms with Crippen LogP contribution in [0.4, 0.5) is 0 Å². The number of fused-ring (bicyclic) bond motifs is 2. The third-order valence-corrected chi connectivity index (χ3v) is 3.43. The number of nitrogens with one attached hydrogen (secondary N) is 1. The van der Waals surface area contributed by atoms with Crippen molar-refractivity contribution in [3.63, 3.8) is 0 Å². The lowest BCUT2D eigenvalue weighted by molar-refractivity contribution is 0.563. The van der Waals surface area contributed by atoms with Gasteiger partial charge in [0.15, 0.2) is 0 Å². The van der Waals surface area contributed by atoms with Gasteiger partial charge in [-0.2, -0.15) is 0 Å². The van der Waals surface area contributed by atoms with E-state index in [9.17, 15) is 4.79 Å². The summed E-state index contributed by atoms with van der Waals surface area (Å²) in [5.74, 6) is 0. The zero-order valence-corrected chi connectivity index (χ0v) is 10.5. The Morgan fingerprint density at radius 1 is 1.00 bits per heavy atom. The highest BCUT2D eigenvalue weighted by Crippen LogP contribution is 2.27. The van der Waals surface area contributed by atoms with Gasteiger partial charge in [-0.05, 0) is 18.2 Å². The van der Waals surface area contributed by atoms with Crippen LogP contribution in [0.2, 0.25) is 0 Å². The van der Waals surface area contributed by atoms with Crippen molar-refractivity contribution in [3.05, 3.63) is 71.2 Å². The summed E-state index contributed by atoms with van der Waals surface area (Å²) in [5, 5.41) is 1.87. The van der Waals surface area contributed by atoms with Gasteiger partial charge in [0.05, 0.1) is 11.8 Å². The van der Waals surface area contributed by atoms with Gasteiger partial charge in [-0.25, -0.2) is 4.79 Å². The number of para-hydroxylation sites is 2. The van der Waals surface area contributed by atoms with E-state index in [2.05, 4.69) is 11.2 Å². The van der Waals surface area contributed by atoms with Crippen molar-refractivity contribution in [2.24, 2.45) is 0 Å². The number of benzene rings is 2. The van der Waals surface area contributed by atoms with Crippen LogP contribution in [0.3, 0.4) is 0 Å². The van der Waals surface area contributed by atoms with Crippen LogP contribution >= 0.6 is 0 Å². The molecule has 0 saturated heterocycles. The Labute approximate surface area is 114 Å². The third kappa shape index (κ3) is 1.57. The van der Waals surface area contributed by atoms with Crippen LogP contribution in [0, 0.1) is 6.20 Å². The lowest BCUT2D eigenvalue weighted by Crippen LogP contribution is -2.02. The molecule has 1 N–H and O–H groups in total. The molecule has 0 aliphatic carbocycles. The summed E-state index contributed by atoms with van der Waals surface area (Å²) in [6, 6.07) is 17.1. The first-order valence-corrected chi connectivity index (χ1v) is 6.34. The molecule has 0 spiro atoms. The minimum absolute atomic E-state index is 0.343. The summed E-state index contributed by atoms with van der Waals surface area (Å²) in [7, 11) is 0. The highest BCUT2D eigenvalue weighted by molar-refractivity contribution is 5.96. The van der Waals surface area contributed by atoms with Crippen molar-refractivity contribution in [2.75, 3.05) is 0 Å². The molecule has 0 aliphatic heterocycles. The zero-order valence-electron chi connectivity index (χ0n) is 10.5. The van der Waals surface area contributed by atoms with Crippen LogP contribution in [0.15, 0.2) is 63.8 Å². The Bertz CT molecular complexity index is 979. The lowest BCUT2D eigenvalue weighted by atomic mass is 10.1. The fourth-order valence-corrected chi connectivity index (χ4v) is 2.46. The molecule has 0 atom stereocenters. The van der Waals surface area contributed by atoms with Gasteiger partial charge in [0.1, 0.15) is 5.58 Å². The lowest BCUT2D eigenvalue weighted by Gasteiger charge is -2.00. The Hall–Kier alpha value is -2.81. The number of hydrogen-bond donors (Lipinski definition) is 1. The molecule has 95 valence electrons. The van der Waals surface area contributed by atoms with Crippen LogP contribution in [0.5, 0.6) is 0 Å². The number of rotatable bonds is 1. The Balaban J connectivity index is 2.07. The molecule has 0 saturated carbocycles. The van der Waals surface area contributed by atoms with Crippen molar-refractivity contribution < 1.29 is 4.42 Å². The van der Waals surface area contributed by atoms with Crippen molar-refractivity contribution in [1.82, 2.24) is 4.98 Å². The highest BCUT2D eigenvalue weighted by Gasteiger charge is 2.12. The molecule has 4 aromatic rings. The molecule has 1 radical (unpaired) electrons. The molecule has 2 heterocycles. The molecule has 2 aromatic heterocycles. The van der Waals surface area contributed by atoms with Gasteiger partial charge in [-0.1, -0.05) is 36.4 Å². The molecule has 20 heavy (non-hydrogen) atoms. The van der Waals surface area contributed by atoms with Gasteiger partial charge >= 0.3 is 5.63 Å². The van der Waals surface area contributed by atoms with Crippen LogP contribution in [0.25, 0.3) is 33.0 Å². The molecule has 0 fully saturated rings. The van der Waals surface area contributed by atoms with Crippen LogP contribution < -0.4 is 5.63 Å². The van der Waals surface area contributed by atoms with E-state index in [-0.39, 0.29) is 5.63 Å². The average molecular weight is 260 g/mol. The minimum Gasteiger partial charge on any atom is -0.422 e. The van der Waals surface area contributed by atoms with Crippen molar-refractivity contribution >= 4 is 21.9 Å². The molecular formula is C17H10NO2. The van der Waals surface area contributed by atoms with Crippen LogP contribution in [-0.2, 0) is 0 Å². The van der Waals surface area contributed by atoms with Crippen molar-refractivity contribution in [2.45, 2.75) is 0 Å². The second-order valence-electron chi connectivity index (χ2n) is 4.66. The standard InChI is InChI=1S/C17H10NO2/c19-17-13(9-11-5-1-4-8-16(11)20-17)14-10-18-15-7-3-2-6-12(14)15/h1-9,18H. The third-order valence-electron chi connectivity index (χ3n) is 3.43. The van der Waals surface area contributed by atoms with E-state index in [4.69, 9.17) is 4.42 Å². The van der Waals surface area contributed by atoms with Crippen LogP contribution in [-0.4, -0.2) is 4.98 Å². The van der Waals surface area contributed by atoms with Crippen molar-refractivity contribution in [3.8, 4) is 11.1 Å². The smallest absolute Gasteiger partial charge is 0.344 e. The summed E-state index contributed by atoms with van der Waals surface area (Å²) in [6.45, 7) is 0. The van der Waals surface area contributed by atoms with Gasteiger partial charge in [0.25, 0.3) is 0 Å². The second kappa shape index (κ2) is 4.10. The van der Waals surface area contributed by atoms with E-state index in [0.717, 1.165) is 21.9 Å². The van der Waals surface area contributed by atoms with Gasteiger partial charge in [0.2, 0.25) is 0 Å². The highest BCUT2D eigenvalue weighted by atomic mass is 16.4. The van der Waals surface area contributed by atoms with E-state index >= 15 is 0 Å². The molecule has 3 heteroatoms. The first kappa shape index (κ1) is 11.1. The number of aromatic nitrogens is 1. The Morgan fingerprint density at radius 3 is 2.75 bits per heavy atom. The van der Waals surface area contributed by atoms with Crippen molar-refractivity contribution in [1.29, 1.82) is 0 Å². The number of hydrogen-bond acceptors (Lipinski definition) is 2. The predicted octanol–water partition coefficient (Wildman–Crippen LogP) is 3.74. The summed E-state index contributed by atoms with van der Waals surface area (Å²) >= 11 is 0. The van der Waals surface area contributed by atoms with E-state index < -0.39 is 0 Å². The molecular weight excluding hydrogens is 250 g/mol. The average Bonchev–Trinajstić information content (AvgIpc) is 2.90. The number of H-pyrrole nitrogens is 1. The monoisotopic (exact) mass is 260 g/mol. The predicted molar refractivity (Wildman–Crippen MR) is 78.6 cm³/mol. The zero-order chi connectivity index (χ0) is 13.5. The van der Waals surface area contributed by atoms with E-state index in [1.807, 2.05) is 48.5 Å². The maximum Gasteiger partial charge on any atom is 0.344 e. The molecule has 0 amide bonds. The Kier molecular flexibility index (Phi) is 2.27. The van der Waals surface area contributed by atoms with Gasteiger partial charge in [-0.3, -0.25) is 0 Å². The van der Waals surface area contributed by atoms with E-state index in [1.165, 1.54) is 0 Å².